The molecule has 0 amide bonds. The molecule has 0 saturated carbocycles. The summed E-state index contributed by atoms with van der Waals surface area (Å²) in [4.78, 5) is 11.6. The molecule has 0 radical (unpaired) electrons. The Bertz CT molecular complexity index is 385. The van der Waals surface area contributed by atoms with Crippen molar-refractivity contribution in [3.05, 3.63) is 27.7 Å². The molecule has 1 aliphatic rings. The normalized spacial score (nSPS) is 15.1. The molecular formula is C11H11BrO2. The molecule has 1 aromatic rings. The van der Waals surface area contributed by atoms with Crippen molar-refractivity contribution < 1.29 is 9.53 Å². The molecule has 0 aromatic heterocycles. The van der Waals surface area contributed by atoms with E-state index in [-0.39, 0.29) is 5.78 Å². The average Bonchev–Trinajstić information content (AvgIpc) is 2.18. The van der Waals surface area contributed by atoms with Crippen molar-refractivity contribution in [3.63, 3.8) is 0 Å². The quantitative estimate of drug-likeness (QED) is 0.771. The van der Waals surface area contributed by atoms with E-state index in [0.717, 1.165) is 34.2 Å². The third-order valence-electron chi connectivity index (χ3n) is 2.55. The Morgan fingerprint density at radius 2 is 2.14 bits per heavy atom. The fourth-order valence-corrected chi connectivity index (χ4v) is 2.42. The van der Waals surface area contributed by atoms with E-state index >= 15 is 0 Å². The van der Waals surface area contributed by atoms with Crippen LogP contribution in [0.2, 0.25) is 0 Å². The topological polar surface area (TPSA) is 26.3 Å². The minimum atomic E-state index is 0.233. The molecule has 0 spiro atoms. The predicted molar refractivity (Wildman–Crippen MR) is 58.0 cm³/mol. The number of Topliss-reactive ketones (excluding diaryl/α,β-unsaturated/α-hetero) is 1. The van der Waals surface area contributed by atoms with Gasteiger partial charge in [-0.3, -0.25) is 4.79 Å². The molecule has 14 heavy (non-hydrogen) atoms. The molecule has 0 N–H and O–H groups in total. The van der Waals surface area contributed by atoms with Crippen LogP contribution < -0.4 is 4.74 Å². The highest BCUT2D eigenvalue weighted by Gasteiger charge is 2.21. The molecule has 0 heterocycles. The molecule has 0 unspecified atom stereocenters. The first-order valence-electron chi connectivity index (χ1n) is 4.62. The summed E-state index contributed by atoms with van der Waals surface area (Å²) >= 11 is 3.42. The second kappa shape index (κ2) is 3.73. The van der Waals surface area contributed by atoms with Gasteiger partial charge in [0.25, 0.3) is 0 Å². The van der Waals surface area contributed by atoms with Crippen LogP contribution in [0.4, 0.5) is 0 Å². The molecular weight excluding hydrogens is 244 g/mol. The van der Waals surface area contributed by atoms with Gasteiger partial charge < -0.3 is 4.74 Å². The Kier molecular flexibility index (Phi) is 2.59. The van der Waals surface area contributed by atoms with E-state index in [1.165, 1.54) is 0 Å². The van der Waals surface area contributed by atoms with Crippen molar-refractivity contribution >= 4 is 21.7 Å². The van der Waals surface area contributed by atoms with Crippen molar-refractivity contribution in [2.45, 2.75) is 19.3 Å². The number of hydrogen-bond acceptors (Lipinski definition) is 2. The van der Waals surface area contributed by atoms with Crippen molar-refractivity contribution in [2.75, 3.05) is 7.11 Å². The largest absolute Gasteiger partial charge is 0.495 e. The Hall–Kier alpha value is -0.830. The zero-order valence-corrected chi connectivity index (χ0v) is 9.56. The third-order valence-corrected chi connectivity index (χ3v) is 3.17. The average molecular weight is 255 g/mol. The highest BCUT2D eigenvalue weighted by Crippen LogP contribution is 2.35. The van der Waals surface area contributed by atoms with Gasteiger partial charge in [0, 0.05) is 17.5 Å². The fraction of sp³-hybridized carbons (Fsp3) is 0.364. The number of methoxy groups -OCH3 is 1. The molecule has 3 heteroatoms. The summed E-state index contributed by atoms with van der Waals surface area (Å²) < 4.78 is 6.22. The SMILES string of the molecule is COc1c(Br)ccc2c1CCCC2=O. The van der Waals surface area contributed by atoms with Crippen molar-refractivity contribution in [1.29, 1.82) is 0 Å². The number of fused-ring (bicyclic) bond motifs is 1. The zero-order valence-electron chi connectivity index (χ0n) is 7.97. The van der Waals surface area contributed by atoms with Gasteiger partial charge in [-0.2, -0.15) is 0 Å². The molecule has 0 aliphatic heterocycles. The van der Waals surface area contributed by atoms with E-state index in [2.05, 4.69) is 15.9 Å². The Morgan fingerprint density at radius 1 is 1.36 bits per heavy atom. The highest BCUT2D eigenvalue weighted by atomic mass is 79.9. The maximum atomic E-state index is 11.6. The number of rotatable bonds is 1. The monoisotopic (exact) mass is 254 g/mol. The summed E-state index contributed by atoms with van der Waals surface area (Å²) in [5.41, 5.74) is 1.88. The van der Waals surface area contributed by atoms with E-state index < -0.39 is 0 Å². The number of carbonyl (C=O) groups is 1. The molecule has 0 bridgehead atoms. The Balaban J connectivity index is 2.61. The lowest BCUT2D eigenvalue weighted by atomic mass is 9.90. The maximum Gasteiger partial charge on any atom is 0.163 e. The number of ether oxygens (including phenoxy) is 1. The van der Waals surface area contributed by atoms with E-state index in [1.807, 2.05) is 12.1 Å². The number of hydrogen-bond donors (Lipinski definition) is 0. The van der Waals surface area contributed by atoms with E-state index in [4.69, 9.17) is 4.74 Å². The lowest BCUT2D eigenvalue weighted by Gasteiger charge is -2.18. The molecule has 2 nitrogen and oxygen atoms in total. The van der Waals surface area contributed by atoms with Crippen molar-refractivity contribution in [1.82, 2.24) is 0 Å². The van der Waals surface area contributed by atoms with Gasteiger partial charge in [0.1, 0.15) is 5.75 Å². The molecule has 0 saturated heterocycles. The summed E-state index contributed by atoms with van der Waals surface area (Å²) in [6, 6.07) is 3.75. The lowest BCUT2D eigenvalue weighted by Crippen LogP contribution is -2.12. The summed E-state index contributed by atoms with van der Waals surface area (Å²) in [5, 5.41) is 0. The first-order valence-corrected chi connectivity index (χ1v) is 5.42. The minimum absolute atomic E-state index is 0.233. The summed E-state index contributed by atoms with van der Waals surface area (Å²) in [7, 11) is 1.64. The summed E-state index contributed by atoms with van der Waals surface area (Å²) in [6.45, 7) is 0. The van der Waals surface area contributed by atoms with Gasteiger partial charge in [-0.05, 0) is 40.9 Å². The predicted octanol–water partition coefficient (Wildman–Crippen LogP) is 2.98. The summed E-state index contributed by atoms with van der Waals surface area (Å²) in [5.74, 6) is 1.05. The Labute approximate surface area is 91.4 Å². The Morgan fingerprint density at radius 3 is 2.86 bits per heavy atom. The van der Waals surface area contributed by atoms with Crippen LogP contribution in [0.5, 0.6) is 5.75 Å². The molecule has 74 valence electrons. The molecule has 2 rings (SSSR count). The zero-order chi connectivity index (χ0) is 10.1. The van der Waals surface area contributed by atoms with Crippen molar-refractivity contribution in [2.24, 2.45) is 0 Å². The fourth-order valence-electron chi connectivity index (χ4n) is 1.89. The van der Waals surface area contributed by atoms with Gasteiger partial charge in [-0.25, -0.2) is 0 Å². The third kappa shape index (κ3) is 1.46. The number of benzene rings is 1. The number of halogens is 1. The highest BCUT2D eigenvalue weighted by molar-refractivity contribution is 9.10. The standard InChI is InChI=1S/C11H11BrO2/c1-14-11-8-3-2-4-10(13)7(8)5-6-9(11)12/h5-6H,2-4H2,1H3. The van der Waals surface area contributed by atoms with Gasteiger partial charge in [-0.15, -0.1) is 0 Å². The molecule has 1 aromatic carbocycles. The second-order valence-electron chi connectivity index (χ2n) is 3.38. The van der Waals surface area contributed by atoms with Crippen LogP contribution in [0.3, 0.4) is 0 Å². The number of ketones is 1. The molecule has 0 fully saturated rings. The van der Waals surface area contributed by atoms with Gasteiger partial charge >= 0.3 is 0 Å². The van der Waals surface area contributed by atoms with Crippen LogP contribution in [-0.4, -0.2) is 12.9 Å². The summed E-state index contributed by atoms with van der Waals surface area (Å²) in [6.07, 6.45) is 2.53. The first-order chi connectivity index (χ1) is 6.74. The van der Waals surface area contributed by atoms with Gasteiger partial charge in [0.15, 0.2) is 5.78 Å². The van der Waals surface area contributed by atoms with Gasteiger partial charge in [0.05, 0.1) is 11.6 Å². The second-order valence-corrected chi connectivity index (χ2v) is 4.24. The van der Waals surface area contributed by atoms with E-state index in [9.17, 15) is 4.79 Å². The minimum Gasteiger partial charge on any atom is -0.495 e. The number of carbonyl (C=O) groups excluding carboxylic acids is 1. The van der Waals surface area contributed by atoms with E-state index in [0.29, 0.717) is 6.42 Å². The lowest BCUT2D eigenvalue weighted by molar-refractivity contribution is 0.0971. The van der Waals surface area contributed by atoms with Crippen LogP contribution in [0, 0.1) is 0 Å². The maximum absolute atomic E-state index is 11.6. The van der Waals surface area contributed by atoms with Crippen molar-refractivity contribution in [3.8, 4) is 5.75 Å². The van der Waals surface area contributed by atoms with Gasteiger partial charge in [0.2, 0.25) is 0 Å². The molecule has 0 atom stereocenters. The van der Waals surface area contributed by atoms with Crippen LogP contribution in [0.15, 0.2) is 16.6 Å². The first kappa shape index (κ1) is 9.71. The van der Waals surface area contributed by atoms with Crippen LogP contribution in [0.25, 0.3) is 0 Å². The smallest absolute Gasteiger partial charge is 0.163 e. The van der Waals surface area contributed by atoms with Crippen LogP contribution in [-0.2, 0) is 6.42 Å². The van der Waals surface area contributed by atoms with Crippen LogP contribution in [0.1, 0.15) is 28.8 Å². The molecule has 1 aliphatic carbocycles. The van der Waals surface area contributed by atoms with Crippen LogP contribution >= 0.6 is 15.9 Å². The van der Waals surface area contributed by atoms with Gasteiger partial charge in [-0.1, -0.05) is 0 Å². The van der Waals surface area contributed by atoms with E-state index in [1.54, 1.807) is 7.11 Å².